The number of hydrogen-bond acceptors (Lipinski definition) is 7. The van der Waals surface area contributed by atoms with Crippen molar-refractivity contribution in [2.45, 2.75) is 83.8 Å². The van der Waals surface area contributed by atoms with Gasteiger partial charge in [0.1, 0.15) is 11.1 Å². The summed E-state index contributed by atoms with van der Waals surface area (Å²) in [5.74, 6) is 0.974. The van der Waals surface area contributed by atoms with E-state index in [1.165, 1.54) is 39.9 Å². The standard InChI is InChI=1S/C25H31N5OS3/c1-5-17-16(4)32-13-20(17)23-28-29-25(30(23)15(2)3)33-14-22(31)27-24-19(12-26)18-10-8-6-7-9-11-21(18)34-24/h13,15H,5-11,14H2,1-4H3,(H,27,31). The fraction of sp³-hybridized carbons (Fsp3) is 0.520. The van der Waals surface area contributed by atoms with Gasteiger partial charge in [0.2, 0.25) is 5.91 Å². The van der Waals surface area contributed by atoms with Crippen molar-refractivity contribution < 1.29 is 4.79 Å². The Kier molecular flexibility index (Phi) is 8.12. The van der Waals surface area contributed by atoms with E-state index in [9.17, 15) is 10.1 Å². The molecule has 6 nitrogen and oxygen atoms in total. The van der Waals surface area contributed by atoms with E-state index in [-0.39, 0.29) is 17.7 Å². The number of aryl methyl sites for hydroxylation is 2. The number of hydrogen-bond donors (Lipinski definition) is 1. The van der Waals surface area contributed by atoms with Crippen LogP contribution >= 0.6 is 34.4 Å². The summed E-state index contributed by atoms with van der Waals surface area (Å²) >= 11 is 4.71. The van der Waals surface area contributed by atoms with Crippen molar-refractivity contribution in [3.05, 3.63) is 31.8 Å². The van der Waals surface area contributed by atoms with E-state index in [2.05, 4.69) is 59.2 Å². The lowest BCUT2D eigenvalue weighted by atomic mass is 9.97. The van der Waals surface area contributed by atoms with Gasteiger partial charge in [-0.1, -0.05) is 31.5 Å². The number of carbonyl (C=O) groups excluding carboxylic acids is 1. The van der Waals surface area contributed by atoms with Crippen LogP contribution in [0.25, 0.3) is 11.4 Å². The molecular formula is C25H31N5OS3. The van der Waals surface area contributed by atoms with Crippen LogP contribution in [-0.2, 0) is 24.1 Å². The fourth-order valence-corrected chi connectivity index (χ4v) is 7.61. The number of nitrogens with zero attached hydrogens (tertiary/aromatic N) is 4. The topological polar surface area (TPSA) is 83.6 Å². The highest BCUT2D eigenvalue weighted by molar-refractivity contribution is 7.99. The Bertz CT molecular complexity index is 1210. The van der Waals surface area contributed by atoms with Crippen LogP contribution in [0, 0.1) is 18.3 Å². The number of nitrogens with one attached hydrogen (secondary N) is 1. The Morgan fingerprint density at radius 2 is 2.03 bits per heavy atom. The summed E-state index contributed by atoms with van der Waals surface area (Å²) in [6, 6.07) is 2.52. The van der Waals surface area contributed by atoms with E-state index in [0.717, 1.165) is 54.2 Å². The van der Waals surface area contributed by atoms with Gasteiger partial charge in [-0.2, -0.15) is 5.26 Å². The third kappa shape index (κ3) is 5.09. The molecule has 3 aromatic rings. The lowest BCUT2D eigenvalue weighted by Gasteiger charge is -2.14. The number of thiophene rings is 2. The third-order valence-corrected chi connectivity index (χ3v) is 9.35. The van der Waals surface area contributed by atoms with E-state index >= 15 is 0 Å². The first-order valence-electron chi connectivity index (χ1n) is 11.9. The second kappa shape index (κ2) is 11.1. The van der Waals surface area contributed by atoms with Gasteiger partial charge in [-0.15, -0.1) is 32.9 Å². The molecule has 4 rings (SSSR count). The Balaban J connectivity index is 1.50. The van der Waals surface area contributed by atoms with Crippen LogP contribution in [0.3, 0.4) is 0 Å². The molecule has 1 aliphatic carbocycles. The minimum Gasteiger partial charge on any atom is -0.316 e. The largest absolute Gasteiger partial charge is 0.316 e. The number of aromatic nitrogens is 3. The van der Waals surface area contributed by atoms with Crippen LogP contribution in [0.2, 0.25) is 0 Å². The zero-order valence-electron chi connectivity index (χ0n) is 20.2. The highest BCUT2D eigenvalue weighted by Gasteiger charge is 2.23. The minimum absolute atomic E-state index is 0.115. The molecule has 9 heteroatoms. The van der Waals surface area contributed by atoms with Crippen molar-refractivity contribution in [2.24, 2.45) is 0 Å². The number of thioether (sulfide) groups is 1. The molecule has 1 amide bonds. The van der Waals surface area contributed by atoms with Crippen molar-refractivity contribution in [1.82, 2.24) is 14.8 Å². The average Bonchev–Trinajstić information content (AvgIpc) is 3.46. The van der Waals surface area contributed by atoms with Gasteiger partial charge in [0.15, 0.2) is 11.0 Å². The quantitative estimate of drug-likeness (QED) is 0.352. The Labute approximate surface area is 213 Å². The van der Waals surface area contributed by atoms with Gasteiger partial charge in [0, 0.05) is 26.7 Å². The summed E-state index contributed by atoms with van der Waals surface area (Å²) in [5, 5.41) is 25.3. The average molecular weight is 514 g/mol. The molecule has 34 heavy (non-hydrogen) atoms. The Hall–Kier alpha value is -2.15. The molecule has 3 aromatic heterocycles. The molecule has 0 bridgehead atoms. The SMILES string of the molecule is CCc1c(-c2nnc(SCC(=O)Nc3sc4c(c3C#N)CCCCCC4)n2C(C)C)csc1C. The Morgan fingerprint density at radius 1 is 1.26 bits per heavy atom. The first-order chi connectivity index (χ1) is 16.4. The summed E-state index contributed by atoms with van der Waals surface area (Å²) in [7, 11) is 0. The number of nitriles is 1. The molecular weight excluding hydrogens is 483 g/mol. The van der Waals surface area contributed by atoms with Crippen molar-refractivity contribution in [3.8, 4) is 17.5 Å². The molecule has 0 radical (unpaired) electrons. The molecule has 0 fully saturated rings. The van der Waals surface area contributed by atoms with Gasteiger partial charge in [0.25, 0.3) is 0 Å². The molecule has 0 saturated heterocycles. The van der Waals surface area contributed by atoms with Gasteiger partial charge in [0.05, 0.1) is 11.3 Å². The van der Waals surface area contributed by atoms with Gasteiger partial charge < -0.3 is 5.32 Å². The first-order valence-corrected chi connectivity index (χ1v) is 14.6. The smallest absolute Gasteiger partial charge is 0.235 e. The molecule has 0 aliphatic heterocycles. The molecule has 0 saturated carbocycles. The van der Waals surface area contributed by atoms with Crippen molar-refractivity contribution in [3.63, 3.8) is 0 Å². The fourth-order valence-electron chi connectivity index (χ4n) is 4.55. The van der Waals surface area contributed by atoms with Crippen LogP contribution in [0.5, 0.6) is 0 Å². The molecule has 1 aliphatic rings. The normalized spacial score (nSPS) is 13.9. The predicted molar refractivity (Wildman–Crippen MR) is 142 cm³/mol. The van der Waals surface area contributed by atoms with Crippen molar-refractivity contribution in [1.29, 1.82) is 5.26 Å². The molecule has 0 unspecified atom stereocenters. The number of anilines is 1. The van der Waals surface area contributed by atoms with Crippen molar-refractivity contribution >= 4 is 45.3 Å². The van der Waals surface area contributed by atoms with Crippen LogP contribution in [0.15, 0.2) is 10.5 Å². The molecule has 180 valence electrons. The zero-order valence-corrected chi connectivity index (χ0v) is 22.7. The van der Waals surface area contributed by atoms with E-state index < -0.39 is 0 Å². The second-order valence-corrected chi connectivity index (χ2v) is 12.0. The number of amides is 1. The molecule has 0 spiro atoms. The van der Waals surface area contributed by atoms with E-state index in [1.807, 2.05) is 0 Å². The van der Waals surface area contributed by atoms with E-state index in [4.69, 9.17) is 0 Å². The number of carbonyl (C=O) groups is 1. The van der Waals surface area contributed by atoms with Crippen LogP contribution < -0.4 is 5.32 Å². The van der Waals surface area contributed by atoms with E-state index in [1.54, 1.807) is 22.7 Å². The van der Waals surface area contributed by atoms with Gasteiger partial charge >= 0.3 is 0 Å². The van der Waals surface area contributed by atoms with E-state index in [0.29, 0.717) is 10.6 Å². The minimum atomic E-state index is -0.115. The first kappa shape index (κ1) is 25.0. The molecule has 0 aromatic carbocycles. The highest BCUT2D eigenvalue weighted by Crippen LogP contribution is 2.37. The summed E-state index contributed by atoms with van der Waals surface area (Å²) in [5.41, 5.74) is 4.26. The lowest BCUT2D eigenvalue weighted by Crippen LogP contribution is -2.15. The highest BCUT2D eigenvalue weighted by atomic mass is 32.2. The van der Waals surface area contributed by atoms with Gasteiger partial charge in [-0.3, -0.25) is 9.36 Å². The number of rotatable bonds is 7. The summed E-state index contributed by atoms with van der Waals surface area (Å²) in [6.45, 7) is 8.53. The second-order valence-electron chi connectivity index (χ2n) is 8.88. The molecule has 1 N–H and O–H groups in total. The van der Waals surface area contributed by atoms with Crippen LogP contribution in [0.4, 0.5) is 5.00 Å². The third-order valence-electron chi connectivity index (χ3n) is 6.25. The lowest BCUT2D eigenvalue weighted by molar-refractivity contribution is -0.113. The van der Waals surface area contributed by atoms with Gasteiger partial charge in [-0.05, 0) is 64.0 Å². The summed E-state index contributed by atoms with van der Waals surface area (Å²) < 4.78 is 2.12. The van der Waals surface area contributed by atoms with Crippen LogP contribution in [0.1, 0.15) is 78.9 Å². The monoisotopic (exact) mass is 513 g/mol. The number of fused-ring (bicyclic) bond motifs is 1. The molecule has 3 heterocycles. The predicted octanol–water partition coefficient (Wildman–Crippen LogP) is 6.78. The maximum absolute atomic E-state index is 12.9. The van der Waals surface area contributed by atoms with Crippen LogP contribution in [-0.4, -0.2) is 26.4 Å². The van der Waals surface area contributed by atoms with Gasteiger partial charge in [-0.25, -0.2) is 0 Å². The maximum atomic E-state index is 12.9. The molecule has 0 atom stereocenters. The Morgan fingerprint density at radius 3 is 2.74 bits per heavy atom. The maximum Gasteiger partial charge on any atom is 0.235 e. The summed E-state index contributed by atoms with van der Waals surface area (Å²) in [6.07, 6.45) is 7.59. The summed E-state index contributed by atoms with van der Waals surface area (Å²) in [4.78, 5) is 15.4. The van der Waals surface area contributed by atoms with Crippen molar-refractivity contribution in [2.75, 3.05) is 11.1 Å². The zero-order chi connectivity index (χ0) is 24.2.